The third-order valence-electron chi connectivity index (χ3n) is 5.57. The number of ether oxygens (including phenoxy) is 1. The molecule has 7 nitrogen and oxygen atoms in total. The molecule has 1 saturated heterocycles. The van der Waals surface area contributed by atoms with Crippen molar-refractivity contribution in [2.24, 2.45) is 0 Å². The number of hydrogen-bond donors (Lipinski definition) is 2. The first-order valence-electron chi connectivity index (χ1n) is 10.2. The number of aromatic amines is 1. The molecule has 0 radical (unpaired) electrons. The van der Waals surface area contributed by atoms with Gasteiger partial charge in [0, 0.05) is 47.8 Å². The average molecular weight is 441 g/mol. The lowest BCUT2D eigenvalue weighted by atomic mass is 10.2. The summed E-state index contributed by atoms with van der Waals surface area (Å²) in [4.78, 5) is 32.7. The monoisotopic (exact) mass is 440 g/mol. The van der Waals surface area contributed by atoms with E-state index in [1.54, 1.807) is 25.0 Å². The fourth-order valence-corrected chi connectivity index (χ4v) is 4.08. The van der Waals surface area contributed by atoms with Crippen molar-refractivity contribution in [3.63, 3.8) is 0 Å². The molecule has 4 rings (SSSR count). The van der Waals surface area contributed by atoms with E-state index in [-0.39, 0.29) is 11.8 Å². The normalized spacial score (nSPS) is 15.1. The van der Waals surface area contributed by atoms with Crippen molar-refractivity contribution in [1.82, 2.24) is 15.2 Å². The number of nitrogens with one attached hydrogen (secondary N) is 2. The van der Waals surface area contributed by atoms with Crippen LogP contribution < -0.4 is 15.0 Å². The van der Waals surface area contributed by atoms with Crippen LogP contribution in [0.4, 0.5) is 5.69 Å². The second-order valence-electron chi connectivity index (χ2n) is 7.59. The predicted molar refractivity (Wildman–Crippen MR) is 122 cm³/mol. The molecule has 3 aromatic rings. The van der Waals surface area contributed by atoms with Gasteiger partial charge < -0.3 is 24.8 Å². The molecule has 1 atom stereocenters. The summed E-state index contributed by atoms with van der Waals surface area (Å²) in [7, 11) is 1.59. The Morgan fingerprint density at radius 3 is 2.55 bits per heavy atom. The Kier molecular flexibility index (Phi) is 6.04. The second-order valence-corrected chi connectivity index (χ2v) is 8.03. The molecule has 2 N–H and O–H groups in total. The van der Waals surface area contributed by atoms with Gasteiger partial charge >= 0.3 is 0 Å². The second kappa shape index (κ2) is 8.89. The number of methoxy groups -OCH3 is 1. The molecule has 0 spiro atoms. The Bertz CT molecular complexity index is 1110. The van der Waals surface area contributed by atoms with Gasteiger partial charge in [-0.2, -0.15) is 0 Å². The van der Waals surface area contributed by atoms with Crippen molar-refractivity contribution < 1.29 is 14.3 Å². The first-order chi connectivity index (χ1) is 15.0. The van der Waals surface area contributed by atoms with Crippen LogP contribution in [0.1, 0.15) is 17.4 Å². The highest BCUT2D eigenvalue weighted by Gasteiger charge is 2.26. The highest BCUT2D eigenvalue weighted by atomic mass is 35.5. The molecule has 31 heavy (non-hydrogen) atoms. The van der Waals surface area contributed by atoms with E-state index >= 15 is 0 Å². The number of fused-ring (bicyclic) bond motifs is 1. The molecule has 1 fully saturated rings. The number of benzene rings is 2. The molecular weight excluding hydrogens is 416 g/mol. The van der Waals surface area contributed by atoms with Crippen LogP contribution in [0.2, 0.25) is 5.02 Å². The molecule has 1 aliphatic rings. The number of carbonyl (C=O) groups excluding carboxylic acids is 2. The van der Waals surface area contributed by atoms with E-state index in [1.807, 2.05) is 42.5 Å². The smallest absolute Gasteiger partial charge is 0.268 e. The number of halogens is 1. The quantitative estimate of drug-likeness (QED) is 0.638. The van der Waals surface area contributed by atoms with Gasteiger partial charge in [-0.05, 0) is 43.3 Å². The van der Waals surface area contributed by atoms with Crippen molar-refractivity contribution in [1.29, 1.82) is 0 Å². The lowest BCUT2D eigenvalue weighted by Gasteiger charge is -2.37. The minimum atomic E-state index is -0.626. The first-order valence-corrected chi connectivity index (χ1v) is 10.6. The van der Waals surface area contributed by atoms with Crippen LogP contribution in [0, 0.1) is 0 Å². The summed E-state index contributed by atoms with van der Waals surface area (Å²) in [6.45, 7) is 4.33. The zero-order valence-corrected chi connectivity index (χ0v) is 18.3. The lowest BCUT2D eigenvalue weighted by molar-refractivity contribution is -0.133. The van der Waals surface area contributed by atoms with E-state index in [4.69, 9.17) is 16.3 Å². The fraction of sp³-hybridized carbons (Fsp3) is 0.304. The third-order valence-corrected chi connectivity index (χ3v) is 5.81. The molecule has 0 bridgehead atoms. The summed E-state index contributed by atoms with van der Waals surface area (Å²) < 4.78 is 5.34. The van der Waals surface area contributed by atoms with Gasteiger partial charge in [0.15, 0.2) is 0 Å². The van der Waals surface area contributed by atoms with Gasteiger partial charge in [-0.15, -0.1) is 0 Å². The van der Waals surface area contributed by atoms with E-state index in [0.29, 0.717) is 42.6 Å². The van der Waals surface area contributed by atoms with E-state index in [0.717, 1.165) is 16.6 Å². The molecule has 2 amide bonds. The van der Waals surface area contributed by atoms with Crippen LogP contribution in [0.3, 0.4) is 0 Å². The average Bonchev–Trinajstić information content (AvgIpc) is 3.23. The maximum atomic E-state index is 12.9. The molecule has 0 aliphatic carbocycles. The van der Waals surface area contributed by atoms with Gasteiger partial charge in [0.2, 0.25) is 5.91 Å². The molecule has 2 heterocycles. The van der Waals surface area contributed by atoms with Crippen molar-refractivity contribution in [2.75, 3.05) is 38.2 Å². The van der Waals surface area contributed by atoms with E-state index in [9.17, 15) is 9.59 Å². The number of rotatable bonds is 5. The molecular formula is C23H25ClN4O3. The summed E-state index contributed by atoms with van der Waals surface area (Å²) >= 11 is 6.09. The Morgan fingerprint density at radius 1 is 1.10 bits per heavy atom. The van der Waals surface area contributed by atoms with E-state index in [1.165, 1.54) is 0 Å². The zero-order valence-electron chi connectivity index (χ0n) is 17.5. The van der Waals surface area contributed by atoms with Crippen LogP contribution in [0.25, 0.3) is 10.9 Å². The van der Waals surface area contributed by atoms with Crippen LogP contribution in [0.15, 0.2) is 48.5 Å². The first kappa shape index (κ1) is 21.1. The Morgan fingerprint density at radius 2 is 1.84 bits per heavy atom. The van der Waals surface area contributed by atoms with Crippen LogP contribution in [0.5, 0.6) is 5.75 Å². The lowest BCUT2D eigenvalue weighted by Crippen LogP contribution is -2.54. The van der Waals surface area contributed by atoms with Gasteiger partial charge in [0.1, 0.15) is 17.5 Å². The Labute approximate surface area is 185 Å². The predicted octanol–water partition coefficient (Wildman–Crippen LogP) is 3.30. The highest BCUT2D eigenvalue weighted by Crippen LogP contribution is 2.26. The molecule has 1 unspecified atom stereocenters. The number of nitrogens with zero attached hydrogens (tertiary/aromatic N) is 2. The maximum Gasteiger partial charge on any atom is 0.268 e. The summed E-state index contributed by atoms with van der Waals surface area (Å²) in [6.07, 6.45) is 0. The molecule has 162 valence electrons. The highest BCUT2D eigenvalue weighted by molar-refractivity contribution is 6.30. The van der Waals surface area contributed by atoms with Crippen LogP contribution in [-0.4, -0.2) is 61.0 Å². The van der Waals surface area contributed by atoms with Crippen molar-refractivity contribution >= 4 is 40.0 Å². The maximum absolute atomic E-state index is 12.9. The van der Waals surface area contributed by atoms with Crippen LogP contribution in [-0.2, 0) is 4.79 Å². The van der Waals surface area contributed by atoms with E-state index in [2.05, 4.69) is 15.2 Å². The summed E-state index contributed by atoms with van der Waals surface area (Å²) in [6, 6.07) is 14.4. The molecule has 8 heteroatoms. The van der Waals surface area contributed by atoms with Gasteiger partial charge in [-0.25, -0.2) is 0 Å². The topological polar surface area (TPSA) is 77.7 Å². The van der Waals surface area contributed by atoms with Gasteiger partial charge in [-0.1, -0.05) is 23.7 Å². The molecule has 1 aromatic heterocycles. The summed E-state index contributed by atoms with van der Waals surface area (Å²) in [5, 5.41) is 4.33. The molecule has 1 aliphatic heterocycles. The molecule has 0 saturated carbocycles. The minimum Gasteiger partial charge on any atom is -0.496 e. The standard InChI is InChI=1S/C23H25ClN4O3/c1-15(25-22(29)20-14-18-19(26-20)7-4-8-21(18)31-2)23(30)28-11-9-27(10-12-28)17-6-3-5-16(24)13-17/h3-8,13-15,26H,9-12H2,1-2H3,(H,25,29). The number of H-pyrrole nitrogens is 1. The Hall–Kier alpha value is -3.19. The number of aromatic nitrogens is 1. The van der Waals surface area contributed by atoms with Gasteiger partial charge in [-0.3, -0.25) is 9.59 Å². The van der Waals surface area contributed by atoms with E-state index < -0.39 is 6.04 Å². The number of hydrogen-bond acceptors (Lipinski definition) is 4. The SMILES string of the molecule is COc1cccc2[nH]c(C(=O)NC(C)C(=O)N3CCN(c4cccc(Cl)c4)CC3)cc12. The van der Waals surface area contributed by atoms with Crippen molar-refractivity contribution in [3.8, 4) is 5.75 Å². The number of amides is 2. The summed E-state index contributed by atoms with van der Waals surface area (Å²) in [5.41, 5.74) is 2.25. The largest absolute Gasteiger partial charge is 0.496 e. The number of piperazine rings is 1. The van der Waals surface area contributed by atoms with Crippen LogP contribution >= 0.6 is 11.6 Å². The summed E-state index contributed by atoms with van der Waals surface area (Å²) in [5.74, 6) is 0.277. The molecule has 2 aromatic carbocycles. The minimum absolute atomic E-state index is 0.0900. The number of carbonyl (C=O) groups is 2. The van der Waals surface area contributed by atoms with Gasteiger partial charge in [0.25, 0.3) is 5.91 Å². The Balaban J connectivity index is 1.36. The van der Waals surface area contributed by atoms with Crippen molar-refractivity contribution in [2.45, 2.75) is 13.0 Å². The third kappa shape index (κ3) is 4.46. The zero-order chi connectivity index (χ0) is 22.0. The number of anilines is 1. The van der Waals surface area contributed by atoms with Gasteiger partial charge in [0.05, 0.1) is 7.11 Å². The fourth-order valence-electron chi connectivity index (χ4n) is 3.90. The van der Waals surface area contributed by atoms with Crippen molar-refractivity contribution in [3.05, 3.63) is 59.2 Å².